The lowest BCUT2D eigenvalue weighted by molar-refractivity contribution is 0.584. The van der Waals surface area contributed by atoms with Gasteiger partial charge < -0.3 is 4.42 Å². The Bertz CT molecular complexity index is 885. The van der Waals surface area contributed by atoms with E-state index in [4.69, 9.17) is 74.0 Å². The molecule has 8 heteroatoms. The van der Waals surface area contributed by atoms with Crippen LogP contribution >= 0.6 is 69.6 Å². The van der Waals surface area contributed by atoms with Crippen molar-refractivity contribution < 1.29 is 8.81 Å². The van der Waals surface area contributed by atoms with Crippen molar-refractivity contribution in [3.05, 3.63) is 42.0 Å². The summed E-state index contributed by atoms with van der Waals surface area (Å²) in [4.78, 5) is 0. The lowest BCUT2D eigenvalue weighted by Gasteiger charge is -2.03. The maximum Gasteiger partial charge on any atom is 0.185 e. The van der Waals surface area contributed by atoms with Crippen molar-refractivity contribution in [2.24, 2.45) is 0 Å². The predicted octanol–water partition coefficient (Wildman–Crippen LogP) is 7.65. The summed E-state index contributed by atoms with van der Waals surface area (Å²) in [6, 6.07) is 1.25. The summed E-state index contributed by atoms with van der Waals surface area (Å²) in [5, 5.41) is 0.702. The second-order valence-electron chi connectivity index (χ2n) is 3.92. The highest BCUT2D eigenvalue weighted by atomic mass is 35.5. The van der Waals surface area contributed by atoms with Crippen molar-refractivity contribution in [3.63, 3.8) is 0 Å². The Morgan fingerprint density at radius 1 is 0.700 bits per heavy atom. The van der Waals surface area contributed by atoms with E-state index in [1.807, 2.05) is 0 Å². The second-order valence-corrected chi connectivity index (χ2v) is 6.25. The first kappa shape index (κ1) is 14.8. The van der Waals surface area contributed by atoms with Crippen LogP contribution in [0.3, 0.4) is 0 Å². The fraction of sp³-hybridized carbons (Fsp3) is 0. The first-order chi connectivity index (χ1) is 9.34. The molecule has 3 aromatic rings. The molecule has 0 aliphatic carbocycles. The molecule has 0 radical (unpaired) electrons. The Labute approximate surface area is 142 Å². The standard InChI is InChI=1S/C12HCl6FO/c13-2-1-3(14)10(19)12-4(2)5-6(15)7(16)8(17)9(18)11(5)20-12/h1H. The van der Waals surface area contributed by atoms with E-state index < -0.39 is 5.82 Å². The molecule has 2 aromatic carbocycles. The van der Waals surface area contributed by atoms with Crippen LogP contribution in [0.25, 0.3) is 21.9 Å². The molecule has 1 aromatic heterocycles. The highest BCUT2D eigenvalue weighted by Crippen LogP contribution is 2.49. The van der Waals surface area contributed by atoms with Crippen molar-refractivity contribution in [3.8, 4) is 0 Å². The molecule has 0 aliphatic rings. The first-order valence-corrected chi connectivity index (χ1v) is 7.33. The van der Waals surface area contributed by atoms with E-state index in [1.54, 1.807) is 0 Å². The molecule has 1 nitrogen and oxygen atoms in total. The Morgan fingerprint density at radius 3 is 1.95 bits per heavy atom. The number of halogens is 7. The van der Waals surface area contributed by atoms with E-state index in [-0.39, 0.29) is 46.7 Å². The summed E-state index contributed by atoms with van der Waals surface area (Å²) in [6.45, 7) is 0. The van der Waals surface area contributed by atoms with Gasteiger partial charge in [0.05, 0.1) is 35.9 Å². The van der Waals surface area contributed by atoms with Crippen LogP contribution in [-0.2, 0) is 0 Å². The zero-order valence-electron chi connectivity index (χ0n) is 9.13. The highest BCUT2D eigenvalue weighted by Gasteiger charge is 2.25. The molecule has 0 amide bonds. The van der Waals surface area contributed by atoms with Gasteiger partial charge in [-0.15, -0.1) is 0 Å². The van der Waals surface area contributed by atoms with Crippen LogP contribution in [0.15, 0.2) is 10.5 Å². The predicted molar refractivity (Wildman–Crippen MR) is 83.7 cm³/mol. The molecule has 0 aliphatic heterocycles. The molecule has 0 unspecified atom stereocenters. The van der Waals surface area contributed by atoms with E-state index in [9.17, 15) is 4.39 Å². The third-order valence-corrected chi connectivity index (χ3v) is 5.16. The van der Waals surface area contributed by atoms with Gasteiger partial charge in [0.2, 0.25) is 0 Å². The average Bonchev–Trinajstić information content (AvgIpc) is 2.81. The fourth-order valence-corrected chi connectivity index (χ4v) is 3.44. The van der Waals surface area contributed by atoms with E-state index in [0.29, 0.717) is 5.39 Å². The van der Waals surface area contributed by atoms with Crippen LogP contribution in [0.2, 0.25) is 30.1 Å². The Kier molecular flexibility index (Phi) is 3.69. The van der Waals surface area contributed by atoms with Crippen molar-refractivity contribution in [1.82, 2.24) is 0 Å². The van der Waals surface area contributed by atoms with Gasteiger partial charge >= 0.3 is 0 Å². The molecule has 0 bridgehead atoms. The molecule has 0 spiro atoms. The van der Waals surface area contributed by atoms with Crippen LogP contribution < -0.4 is 0 Å². The van der Waals surface area contributed by atoms with Gasteiger partial charge in [0.1, 0.15) is 5.02 Å². The average molecular weight is 393 g/mol. The second kappa shape index (κ2) is 4.98. The van der Waals surface area contributed by atoms with E-state index in [1.165, 1.54) is 6.07 Å². The van der Waals surface area contributed by atoms with Crippen LogP contribution in [0.1, 0.15) is 0 Å². The molecule has 20 heavy (non-hydrogen) atoms. The van der Waals surface area contributed by atoms with Crippen LogP contribution in [0, 0.1) is 5.82 Å². The molecule has 3 rings (SSSR count). The molecule has 0 saturated carbocycles. The maximum atomic E-state index is 14.0. The largest absolute Gasteiger partial charge is 0.451 e. The third kappa shape index (κ3) is 1.90. The quantitative estimate of drug-likeness (QED) is 0.283. The summed E-state index contributed by atoms with van der Waals surface area (Å²) in [5.41, 5.74) is -0.0521. The highest BCUT2D eigenvalue weighted by molar-refractivity contribution is 6.56. The molecule has 0 saturated heterocycles. The minimum Gasteiger partial charge on any atom is -0.451 e. The van der Waals surface area contributed by atoms with Crippen molar-refractivity contribution >= 4 is 91.5 Å². The molecule has 104 valence electrons. The first-order valence-electron chi connectivity index (χ1n) is 5.06. The molecular weight excluding hydrogens is 392 g/mol. The molecule has 0 atom stereocenters. The third-order valence-electron chi connectivity index (χ3n) is 2.81. The zero-order chi connectivity index (χ0) is 14.8. The molecule has 1 heterocycles. The van der Waals surface area contributed by atoms with Gasteiger partial charge in [-0.3, -0.25) is 0 Å². The number of rotatable bonds is 0. The van der Waals surface area contributed by atoms with Crippen molar-refractivity contribution in [2.75, 3.05) is 0 Å². The molecular formula is C12HCl6FO. The van der Waals surface area contributed by atoms with E-state index in [0.717, 1.165) is 0 Å². The van der Waals surface area contributed by atoms with Gasteiger partial charge in [-0.25, -0.2) is 4.39 Å². The van der Waals surface area contributed by atoms with E-state index >= 15 is 0 Å². The van der Waals surface area contributed by atoms with Gasteiger partial charge in [-0.05, 0) is 6.07 Å². The van der Waals surface area contributed by atoms with Crippen LogP contribution in [0.5, 0.6) is 0 Å². The van der Waals surface area contributed by atoms with Crippen LogP contribution in [-0.4, -0.2) is 0 Å². The monoisotopic (exact) mass is 390 g/mol. The molecule has 0 fully saturated rings. The van der Waals surface area contributed by atoms with Gasteiger partial charge in [-0.1, -0.05) is 69.6 Å². The Balaban J connectivity index is 2.71. The Hall–Kier alpha value is -0.0900. The fourth-order valence-electron chi connectivity index (χ4n) is 1.93. The Morgan fingerprint density at radius 2 is 1.30 bits per heavy atom. The lowest BCUT2D eigenvalue weighted by atomic mass is 10.1. The SMILES string of the molecule is Fc1c(Cl)cc(Cl)c2c1oc1c(Cl)c(Cl)c(Cl)c(Cl)c12. The minimum atomic E-state index is -0.762. The normalized spacial score (nSPS) is 11.8. The van der Waals surface area contributed by atoms with Gasteiger partial charge in [-0.2, -0.15) is 0 Å². The molecule has 0 N–H and O–H groups in total. The van der Waals surface area contributed by atoms with Gasteiger partial charge in [0, 0.05) is 0 Å². The van der Waals surface area contributed by atoms with Crippen molar-refractivity contribution in [2.45, 2.75) is 0 Å². The van der Waals surface area contributed by atoms with Gasteiger partial charge in [0.25, 0.3) is 0 Å². The van der Waals surface area contributed by atoms with Crippen LogP contribution in [0.4, 0.5) is 4.39 Å². The number of fused-ring (bicyclic) bond motifs is 3. The van der Waals surface area contributed by atoms with E-state index in [2.05, 4.69) is 0 Å². The summed E-state index contributed by atoms with van der Waals surface area (Å²) < 4.78 is 19.4. The van der Waals surface area contributed by atoms with Crippen molar-refractivity contribution in [1.29, 1.82) is 0 Å². The summed E-state index contributed by atoms with van der Waals surface area (Å²) in [7, 11) is 0. The zero-order valence-corrected chi connectivity index (χ0v) is 13.7. The maximum absolute atomic E-state index is 14.0. The number of benzene rings is 2. The smallest absolute Gasteiger partial charge is 0.185 e. The topological polar surface area (TPSA) is 13.1 Å². The van der Waals surface area contributed by atoms with Gasteiger partial charge in [0.15, 0.2) is 17.0 Å². The summed E-state index contributed by atoms with van der Waals surface area (Å²) in [6.07, 6.45) is 0. The lowest BCUT2D eigenvalue weighted by Crippen LogP contribution is -1.80. The number of furan rings is 1. The number of hydrogen-bond donors (Lipinski definition) is 0. The summed E-state index contributed by atoms with van der Waals surface area (Å²) >= 11 is 35.9. The minimum absolute atomic E-state index is 0.0208. The summed E-state index contributed by atoms with van der Waals surface area (Å²) in [5.74, 6) is -0.762. The number of hydrogen-bond acceptors (Lipinski definition) is 1.